The van der Waals surface area contributed by atoms with Crippen LogP contribution < -0.4 is 10.1 Å². The summed E-state index contributed by atoms with van der Waals surface area (Å²) in [4.78, 5) is 62.0. The van der Waals surface area contributed by atoms with E-state index >= 15 is 0 Å². The number of esters is 2. The molecule has 0 spiro atoms. The summed E-state index contributed by atoms with van der Waals surface area (Å²) in [6, 6.07) is 10.8. The molecule has 194 valence electrons. The summed E-state index contributed by atoms with van der Waals surface area (Å²) in [6.07, 6.45) is 2.16. The molecule has 1 N–H and O–H groups in total. The van der Waals surface area contributed by atoms with Crippen molar-refractivity contribution in [3.8, 4) is 5.75 Å². The zero-order valence-electron chi connectivity index (χ0n) is 19.9. The summed E-state index contributed by atoms with van der Waals surface area (Å²) in [5.41, 5.74) is 0.961. The number of nitrogens with zero attached hydrogens (tertiary/aromatic N) is 1. The van der Waals surface area contributed by atoms with Crippen molar-refractivity contribution >= 4 is 64.1 Å². The van der Waals surface area contributed by atoms with Crippen LogP contribution in [-0.2, 0) is 23.9 Å². The van der Waals surface area contributed by atoms with Crippen LogP contribution in [0.1, 0.15) is 29.3 Å². The molecule has 0 atom stereocenters. The molecule has 1 saturated heterocycles. The average Bonchev–Trinajstić information content (AvgIpc) is 3.14. The first-order chi connectivity index (χ1) is 17.7. The third-order valence-corrected chi connectivity index (χ3v) is 6.08. The van der Waals surface area contributed by atoms with E-state index in [0.717, 1.165) is 4.90 Å². The van der Waals surface area contributed by atoms with Gasteiger partial charge in [-0.05, 0) is 60.2 Å². The van der Waals surface area contributed by atoms with E-state index in [1.807, 2.05) is 6.92 Å². The van der Waals surface area contributed by atoms with E-state index in [1.165, 1.54) is 31.4 Å². The number of amides is 3. The van der Waals surface area contributed by atoms with Gasteiger partial charge in [-0.3, -0.25) is 19.3 Å². The third-order valence-electron chi connectivity index (χ3n) is 4.84. The lowest BCUT2D eigenvalue weighted by Gasteiger charge is -2.13. The number of hydrogen-bond acceptors (Lipinski definition) is 9. The Bertz CT molecular complexity index is 1250. The molecular formula is C25H23ClN2O8S. The summed E-state index contributed by atoms with van der Waals surface area (Å²) >= 11 is 6.77. The molecule has 1 fully saturated rings. The fraction of sp³-hybridized carbons (Fsp3) is 0.240. The van der Waals surface area contributed by atoms with Crippen molar-refractivity contribution in [2.45, 2.75) is 13.3 Å². The van der Waals surface area contributed by atoms with Gasteiger partial charge in [-0.1, -0.05) is 30.7 Å². The Labute approximate surface area is 221 Å². The molecule has 37 heavy (non-hydrogen) atoms. The van der Waals surface area contributed by atoms with Gasteiger partial charge < -0.3 is 19.5 Å². The first-order valence-electron chi connectivity index (χ1n) is 11.0. The van der Waals surface area contributed by atoms with E-state index in [0.29, 0.717) is 29.5 Å². The summed E-state index contributed by atoms with van der Waals surface area (Å²) in [7, 11) is 1.26. The largest absolute Gasteiger partial charge is 0.482 e. The number of ether oxygens (including phenoxy) is 3. The predicted octanol–water partition coefficient (Wildman–Crippen LogP) is 4.13. The highest BCUT2D eigenvalue weighted by Gasteiger charge is 2.36. The Hall–Kier alpha value is -3.83. The lowest BCUT2D eigenvalue weighted by Crippen LogP contribution is -2.36. The highest BCUT2D eigenvalue weighted by Crippen LogP contribution is 2.32. The molecule has 0 aliphatic carbocycles. The van der Waals surface area contributed by atoms with Gasteiger partial charge in [0.1, 0.15) is 12.3 Å². The van der Waals surface area contributed by atoms with Crippen LogP contribution in [0.15, 0.2) is 47.4 Å². The molecule has 1 heterocycles. The van der Waals surface area contributed by atoms with Crippen LogP contribution in [-0.4, -0.2) is 60.8 Å². The fourth-order valence-electron chi connectivity index (χ4n) is 3.03. The second kappa shape index (κ2) is 12.9. The minimum atomic E-state index is -0.633. The van der Waals surface area contributed by atoms with Gasteiger partial charge in [-0.25, -0.2) is 9.59 Å². The molecule has 1 aliphatic rings. The highest BCUT2D eigenvalue weighted by atomic mass is 35.5. The van der Waals surface area contributed by atoms with Crippen LogP contribution in [0.25, 0.3) is 6.08 Å². The van der Waals surface area contributed by atoms with E-state index < -0.39 is 35.5 Å². The summed E-state index contributed by atoms with van der Waals surface area (Å²) in [6.45, 7) is 1.33. The molecule has 3 rings (SSSR count). The lowest BCUT2D eigenvalue weighted by atomic mass is 10.2. The number of anilines is 1. The number of rotatable bonds is 10. The minimum Gasteiger partial charge on any atom is -0.482 e. The molecule has 3 amide bonds. The van der Waals surface area contributed by atoms with Gasteiger partial charge in [0.15, 0.2) is 6.61 Å². The number of nitrogens with one attached hydrogen (secondary N) is 1. The number of carbonyl (C=O) groups excluding carboxylic acids is 5. The number of imide groups is 1. The van der Waals surface area contributed by atoms with E-state index in [-0.39, 0.29) is 34.4 Å². The maximum Gasteiger partial charge on any atom is 0.343 e. The Morgan fingerprint density at radius 3 is 2.51 bits per heavy atom. The summed E-state index contributed by atoms with van der Waals surface area (Å²) in [5.74, 6) is -1.96. The van der Waals surface area contributed by atoms with Crippen molar-refractivity contribution in [3.63, 3.8) is 0 Å². The van der Waals surface area contributed by atoms with Gasteiger partial charge >= 0.3 is 11.9 Å². The Morgan fingerprint density at radius 1 is 1.11 bits per heavy atom. The first-order valence-corrected chi connectivity index (χ1v) is 12.2. The molecule has 2 aromatic rings. The topological polar surface area (TPSA) is 128 Å². The maximum atomic E-state index is 12.8. The Kier molecular flexibility index (Phi) is 9.70. The quantitative estimate of drug-likeness (QED) is 0.345. The molecule has 12 heteroatoms. The predicted molar refractivity (Wildman–Crippen MR) is 137 cm³/mol. The summed E-state index contributed by atoms with van der Waals surface area (Å²) in [5, 5.41) is 2.13. The van der Waals surface area contributed by atoms with Crippen LogP contribution in [0.4, 0.5) is 10.5 Å². The van der Waals surface area contributed by atoms with Gasteiger partial charge in [0.2, 0.25) is 5.91 Å². The zero-order valence-corrected chi connectivity index (χ0v) is 21.5. The Morgan fingerprint density at radius 2 is 1.84 bits per heavy atom. The first kappa shape index (κ1) is 27.8. The number of thioether (sulfide) groups is 1. The van der Waals surface area contributed by atoms with Crippen LogP contribution in [0.2, 0.25) is 5.02 Å². The number of hydrogen-bond donors (Lipinski definition) is 1. The number of benzene rings is 2. The molecule has 0 radical (unpaired) electrons. The third kappa shape index (κ3) is 7.58. The van der Waals surface area contributed by atoms with Gasteiger partial charge in [0, 0.05) is 5.69 Å². The molecule has 1 aliphatic heterocycles. The molecular weight excluding hydrogens is 524 g/mol. The maximum absolute atomic E-state index is 12.8. The second-order valence-electron chi connectivity index (χ2n) is 7.58. The van der Waals surface area contributed by atoms with Crippen molar-refractivity contribution in [3.05, 3.63) is 63.5 Å². The van der Waals surface area contributed by atoms with Crippen molar-refractivity contribution < 1.29 is 38.2 Å². The smallest absolute Gasteiger partial charge is 0.343 e. The van der Waals surface area contributed by atoms with Crippen LogP contribution >= 0.6 is 23.4 Å². The Balaban J connectivity index is 1.62. The minimum absolute atomic E-state index is 0.0868. The number of halogens is 1. The van der Waals surface area contributed by atoms with E-state index in [9.17, 15) is 24.0 Å². The molecule has 0 bridgehead atoms. The molecule has 2 aromatic carbocycles. The standard InChI is InChI=1S/C25H23ClN2O8S/c1-3-10-35-24(32)18-12-16(6-9-19(18)26)27-21(29)13-28-23(31)20(37-25(28)33)11-15-4-7-17(8-5-15)36-14-22(30)34-2/h4-9,11-12H,3,10,13-14H2,1-2H3,(H,27,29)/b20-11-. The van der Waals surface area contributed by atoms with Crippen molar-refractivity contribution in [1.82, 2.24) is 4.90 Å². The summed E-state index contributed by atoms with van der Waals surface area (Å²) < 4.78 is 14.9. The van der Waals surface area contributed by atoms with Crippen molar-refractivity contribution in [2.24, 2.45) is 0 Å². The number of carbonyl (C=O) groups is 5. The van der Waals surface area contributed by atoms with E-state index in [1.54, 1.807) is 24.3 Å². The molecule has 0 aromatic heterocycles. The van der Waals surface area contributed by atoms with Gasteiger partial charge in [-0.15, -0.1) is 0 Å². The monoisotopic (exact) mass is 546 g/mol. The zero-order chi connectivity index (χ0) is 26.9. The van der Waals surface area contributed by atoms with E-state index in [4.69, 9.17) is 21.1 Å². The molecule has 10 nitrogen and oxygen atoms in total. The van der Waals surface area contributed by atoms with Gasteiger partial charge in [-0.2, -0.15) is 0 Å². The van der Waals surface area contributed by atoms with Gasteiger partial charge in [0.25, 0.3) is 11.1 Å². The van der Waals surface area contributed by atoms with Crippen LogP contribution in [0, 0.1) is 0 Å². The van der Waals surface area contributed by atoms with E-state index in [2.05, 4.69) is 10.1 Å². The molecule has 0 unspecified atom stereocenters. The second-order valence-corrected chi connectivity index (χ2v) is 8.98. The number of methoxy groups -OCH3 is 1. The van der Waals surface area contributed by atoms with Crippen LogP contribution in [0.3, 0.4) is 0 Å². The van der Waals surface area contributed by atoms with Crippen molar-refractivity contribution in [2.75, 3.05) is 32.2 Å². The normalized spacial score (nSPS) is 14.0. The van der Waals surface area contributed by atoms with Crippen LogP contribution in [0.5, 0.6) is 5.75 Å². The SMILES string of the molecule is CCCOC(=O)c1cc(NC(=O)CN2C(=O)S/C(=C\c3ccc(OCC(=O)OC)cc3)C2=O)ccc1Cl. The fourth-order valence-corrected chi connectivity index (χ4v) is 4.06. The molecule has 0 saturated carbocycles. The van der Waals surface area contributed by atoms with Crippen molar-refractivity contribution in [1.29, 1.82) is 0 Å². The van der Waals surface area contributed by atoms with Gasteiger partial charge in [0.05, 0.1) is 29.2 Å². The average molecular weight is 547 g/mol. The highest BCUT2D eigenvalue weighted by molar-refractivity contribution is 8.18. The lowest BCUT2D eigenvalue weighted by molar-refractivity contribution is -0.142.